The van der Waals surface area contributed by atoms with Crippen molar-refractivity contribution in [2.24, 2.45) is 0 Å². The molecule has 2 aromatic carbocycles. The molecule has 0 aliphatic carbocycles. The highest BCUT2D eigenvalue weighted by Gasteiger charge is 2.33. The largest absolute Gasteiger partial charge is 0.441 e. The molecule has 4 rings (SSSR count). The number of likely N-dealkylation sites (tertiary alicyclic amines) is 1. The van der Waals surface area contributed by atoms with E-state index < -0.39 is 11.8 Å². The Hall–Kier alpha value is -3.22. The van der Waals surface area contributed by atoms with Crippen molar-refractivity contribution >= 4 is 28.6 Å². The SMILES string of the molecule is Cc1nc2ccc(NC(=O)C(=O)N3CCCC3c3cccc(F)c3)cc2o1. The van der Waals surface area contributed by atoms with Gasteiger partial charge in [-0.25, -0.2) is 9.37 Å². The molecule has 0 saturated carbocycles. The summed E-state index contributed by atoms with van der Waals surface area (Å²) in [6.07, 6.45) is 1.47. The maximum atomic E-state index is 13.5. The Balaban J connectivity index is 1.51. The van der Waals surface area contributed by atoms with Crippen LogP contribution in [0.15, 0.2) is 46.9 Å². The molecule has 2 heterocycles. The fourth-order valence-corrected chi connectivity index (χ4v) is 3.50. The van der Waals surface area contributed by atoms with E-state index in [4.69, 9.17) is 4.42 Å². The molecule has 0 bridgehead atoms. The van der Waals surface area contributed by atoms with Crippen molar-refractivity contribution in [3.8, 4) is 0 Å². The van der Waals surface area contributed by atoms with Crippen LogP contribution in [0.5, 0.6) is 0 Å². The number of anilines is 1. The molecule has 1 aromatic heterocycles. The van der Waals surface area contributed by atoms with E-state index in [1.807, 2.05) is 0 Å². The third kappa shape index (κ3) is 3.40. The summed E-state index contributed by atoms with van der Waals surface area (Å²) in [6, 6.07) is 10.9. The maximum absolute atomic E-state index is 13.5. The number of rotatable bonds is 2. The lowest BCUT2D eigenvalue weighted by Gasteiger charge is -2.24. The highest BCUT2D eigenvalue weighted by atomic mass is 19.1. The molecule has 2 amide bonds. The monoisotopic (exact) mass is 367 g/mol. The van der Waals surface area contributed by atoms with Crippen LogP contribution >= 0.6 is 0 Å². The number of fused-ring (bicyclic) bond motifs is 1. The minimum atomic E-state index is -0.728. The zero-order valence-corrected chi connectivity index (χ0v) is 14.7. The molecular formula is C20H18FN3O3. The van der Waals surface area contributed by atoms with E-state index in [9.17, 15) is 14.0 Å². The van der Waals surface area contributed by atoms with Gasteiger partial charge in [0.15, 0.2) is 11.5 Å². The standard InChI is InChI=1S/C20H18FN3O3/c1-12-22-16-8-7-15(11-18(16)27-12)23-19(25)20(26)24-9-3-6-17(24)13-4-2-5-14(21)10-13/h2,4-5,7-8,10-11,17H,3,6,9H2,1H3,(H,23,25). The second-order valence-electron chi connectivity index (χ2n) is 6.58. The number of hydrogen-bond donors (Lipinski definition) is 1. The average Bonchev–Trinajstić information content (AvgIpc) is 3.26. The lowest BCUT2D eigenvalue weighted by molar-refractivity contribution is -0.143. The minimum absolute atomic E-state index is 0.293. The number of amides is 2. The van der Waals surface area contributed by atoms with Gasteiger partial charge in [-0.05, 0) is 42.7 Å². The first kappa shape index (κ1) is 17.2. The van der Waals surface area contributed by atoms with Crippen molar-refractivity contribution in [1.82, 2.24) is 9.88 Å². The average molecular weight is 367 g/mol. The van der Waals surface area contributed by atoms with Crippen molar-refractivity contribution in [2.75, 3.05) is 11.9 Å². The molecular weight excluding hydrogens is 349 g/mol. The molecule has 3 aromatic rings. The van der Waals surface area contributed by atoms with Gasteiger partial charge in [0.05, 0.1) is 6.04 Å². The topological polar surface area (TPSA) is 75.4 Å². The van der Waals surface area contributed by atoms with Crippen LogP contribution in [0.3, 0.4) is 0 Å². The molecule has 27 heavy (non-hydrogen) atoms. The molecule has 1 atom stereocenters. The number of aromatic nitrogens is 1. The van der Waals surface area contributed by atoms with Crippen molar-refractivity contribution in [2.45, 2.75) is 25.8 Å². The molecule has 1 unspecified atom stereocenters. The van der Waals surface area contributed by atoms with Crippen LogP contribution in [0.1, 0.15) is 30.3 Å². The van der Waals surface area contributed by atoms with Crippen molar-refractivity contribution < 1.29 is 18.4 Å². The van der Waals surface area contributed by atoms with Gasteiger partial charge in [-0.15, -0.1) is 0 Å². The summed E-state index contributed by atoms with van der Waals surface area (Å²) in [5, 5.41) is 2.61. The van der Waals surface area contributed by atoms with E-state index in [1.54, 1.807) is 37.3 Å². The van der Waals surface area contributed by atoms with E-state index in [-0.39, 0.29) is 11.9 Å². The van der Waals surface area contributed by atoms with Crippen LogP contribution < -0.4 is 5.32 Å². The van der Waals surface area contributed by atoms with Crippen molar-refractivity contribution in [3.63, 3.8) is 0 Å². The van der Waals surface area contributed by atoms with Crippen LogP contribution in [0.2, 0.25) is 0 Å². The molecule has 138 valence electrons. The normalized spacial score (nSPS) is 16.7. The van der Waals surface area contributed by atoms with E-state index in [2.05, 4.69) is 10.3 Å². The maximum Gasteiger partial charge on any atom is 0.313 e. The zero-order valence-electron chi connectivity index (χ0n) is 14.7. The van der Waals surface area contributed by atoms with E-state index in [0.717, 1.165) is 6.42 Å². The van der Waals surface area contributed by atoms with Crippen LogP contribution in [0, 0.1) is 12.7 Å². The number of carbonyl (C=O) groups excluding carboxylic acids is 2. The summed E-state index contributed by atoms with van der Waals surface area (Å²) in [5.74, 6) is -1.18. The molecule has 6 nitrogen and oxygen atoms in total. The first-order valence-corrected chi connectivity index (χ1v) is 8.76. The molecule has 1 aliphatic heterocycles. The molecule has 0 spiro atoms. The number of aryl methyl sites for hydroxylation is 1. The Morgan fingerprint density at radius 1 is 1.26 bits per heavy atom. The predicted molar refractivity (Wildman–Crippen MR) is 97.5 cm³/mol. The second-order valence-corrected chi connectivity index (χ2v) is 6.58. The minimum Gasteiger partial charge on any atom is -0.441 e. The third-order valence-corrected chi connectivity index (χ3v) is 4.69. The number of nitrogens with zero attached hydrogens (tertiary/aromatic N) is 2. The number of nitrogens with one attached hydrogen (secondary N) is 1. The smallest absolute Gasteiger partial charge is 0.313 e. The van der Waals surface area contributed by atoms with Gasteiger partial charge >= 0.3 is 11.8 Å². The molecule has 0 radical (unpaired) electrons. The van der Waals surface area contributed by atoms with E-state index >= 15 is 0 Å². The van der Waals surface area contributed by atoms with Gasteiger partial charge in [0.2, 0.25) is 0 Å². The van der Waals surface area contributed by atoms with Gasteiger partial charge in [0.1, 0.15) is 11.3 Å². The summed E-state index contributed by atoms with van der Waals surface area (Å²) in [6.45, 7) is 2.20. The number of oxazole rings is 1. The first-order chi connectivity index (χ1) is 13.0. The van der Waals surface area contributed by atoms with Crippen LogP contribution in [0.4, 0.5) is 10.1 Å². The lowest BCUT2D eigenvalue weighted by atomic mass is 10.0. The fourth-order valence-electron chi connectivity index (χ4n) is 3.50. The zero-order chi connectivity index (χ0) is 19.0. The Labute approximate surface area is 155 Å². The summed E-state index contributed by atoms with van der Waals surface area (Å²) >= 11 is 0. The Morgan fingerprint density at radius 2 is 2.11 bits per heavy atom. The fraction of sp³-hybridized carbons (Fsp3) is 0.250. The van der Waals surface area contributed by atoms with Crippen molar-refractivity contribution in [1.29, 1.82) is 0 Å². The molecule has 7 heteroatoms. The van der Waals surface area contributed by atoms with Crippen LogP contribution in [0.25, 0.3) is 11.1 Å². The summed E-state index contributed by atoms with van der Waals surface area (Å²) in [7, 11) is 0. The number of carbonyl (C=O) groups is 2. The molecule has 1 fully saturated rings. The molecule has 1 saturated heterocycles. The Bertz CT molecular complexity index is 1030. The summed E-state index contributed by atoms with van der Waals surface area (Å²) < 4.78 is 19.0. The van der Waals surface area contributed by atoms with Gasteiger partial charge in [0, 0.05) is 25.2 Å². The van der Waals surface area contributed by atoms with E-state index in [1.165, 1.54) is 17.0 Å². The van der Waals surface area contributed by atoms with Crippen molar-refractivity contribution in [3.05, 3.63) is 59.7 Å². The lowest BCUT2D eigenvalue weighted by Crippen LogP contribution is -2.39. The Kier molecular flexibility index (Phi) is 4.35. The van der Waals surface area contributed by atoms with Gasteiger partial charge in [0.25, 0.3) is 0 Å². The van der Waals surface area contributed by atoms with Gasteiger partial charge in [-0.3, -0.25) is 9.59 Å². The number of hydrogen-bond acceptors (Lipinski definition) is 4. The van der Waals surface area contributed by atoms with Gasteiger partial charge in [-0.2, -0.15) is 0 Å². The Morgan fingerprint density at radius 3 is 2.93 bits per heavy atom. The van der Waals surface area contributed by atoms with Gasteiger partial charge < -0.3 is 14.6 Å². The summed E-state index contributed by atoms with van der Waals surface area (Å²) in [5.41, 5.74) is 2.38. The first-order valence-electron chi connectivity index (χ1n) is 8.76. The third-order valence-electron chi connectivity index (χ3n) is 4.69. The summed E-state index contributed by atoms with van der Waals surface area (Å²) in [4.78, 5) is 30.8. The van der Waals surface area contributed by atoms with Crippen LogP contribution in [-0.2, 0) is 9.59 Å². The van der Waals surface area contributed by atoms with E-state index in [0.29, 0.717) is 41.2 Å². The second kappa shape index (κ2) is 6.83. The van der Waals surface area contributed by atoms with Gasteiger partial charge in [-0.1, -0.05) is 12.1 Å². The molecule has 1 aliphatic rings. The highest BCUT2D eigenvalue weighted by Crippen LogP contribution is 2.32. The quantitative estimate of drug-likeness (QED) is 0.703. The number of halogens is 1. The molecule has 1 N–H and O–H groups in total. The van der Waals surface area contributed by atoms with Crippen LogP contribution in [-0.4, -0.2) is 28.2 Å². The number of benzene rings is 2. The predicted octanol–water partition coefficient (Wildman–Crippen LogP) is 3.58. The highest BCUT2D eigenvalue weighted by molar-refractivity contribution is 6.39.